The summed E-state index contributed by atoms with van der Waals surface area (Å²) in [5.74, 6) is 1.22. The average molecular weight is 336 g/mol. The standard InChI is InChI=1S/C12H12N2O2.C2H4N2O2S/c1-15-9-7-11(14-12(8-9)16-2)10-5-3-4-6-13-10;3-2(6)4-7-1-5/h3-8H,1-2H3;1H,(H3,3,4,6). The highest BCUT2D eigenvalue weighted by molar-refractivity contribution is 8.10. The summed E-state index contributed by atoms with van der Waals surface area (Å²) in [5.41, 5.74) is 6.55. The van der Waals surface area contributed by atoms with E-state index in [2.05, 4.69) is 15.7 Å². The molecule has 0 aliphatic heterocycles. The van der Waals surface area contributed by atoms with Crippen molar-refractivity contribution < 1.29 is 19.1 Å². The maximum Gasteiger partial charge on any atom is 0.322 e. The molecule has 2 amide bonds. The first kappa shape index (κ1) is 18.2. The summed E-state index contributed by atoms with van der Waals surface area (Å²) in [7, 11) is 3.18. The van der Waals surface area contributed by atoms with Crippen LogP contribution in [-0.4, -0.2) is 35.8 Å². The first-order chi connectivity index (χ1) is 11.1. The Bertz CT molecular complexity index is 618. The van der Waals surface area contributed by atoms with Crippen molar-refractivity contribution in [3.05, 3.63) is 36.5 Å². The number of aromatic nitrogens is 2. The van der Waals surface area contributed by atoms with Crippen LogP contribution in [0, 0.1) is 0 Å². The molecule has 0 radical (unpaired) electrons. The van der Waals surface area contributed by atoms with Gasteiger partial charge in [-0.15, -0.1) is 0 Å². The maximum atomic E-state index is 9.69. The van der Waals surface area contributed by atoms with Crippen LogP contribution in [0.1, 0.15) is 0 Å². The largest absolute Gasteiger partial charge is 0.496 e. The molecule has 0 saturated heterocycles. The van der Waals surface area contributed by atoms with Gasteiger partial charge in [0.15, 0.2) is 5.62 Å². The Hall–Kier alpha value is -2.81. The Morgan fingerprint density at radius 2 is 2.04 bits per heavy atom. The molecule has 2 aromatic heterocycles. The van der Waals surface area contributed by atoms with E-state index in [9.17, 15) is 9.59 Å². The van der Waals surface area contributed by atoms with Crippen LogP contribution in [0.3, 0.4) is 0 Å². The lowest BCUT2D eigenvalue weighted by Crippen LogP contribution is -2.22. The number of primary amides is 1. The number of carbonyl (C=O) groups is 2. The Morgan fingerprint density at radius 3 is 2.52 bits per heavy atom. The van der Waals surface area contributed by atoms with Gasteiger partial charge in [-0.3, -0.25) is 14.5 Å². The molecule has 2 heterocycles. The molecule has 23 heavy (non-hydrogen) atoms. The molecule has 0 fully saturated rings. The van der Waals surface area contributed by atoms with Crippen molar-refractivity contribution in [3.8, 4) is 23.0 Å². The van der Waals surface area contributed by atoms with E-state index in [4.69, 9.17) is 9.47 Å². The molecule has 0 aliphatic carbocycles. The van der Waals surface area contributed by atoms with E-state index in [-0.39, 0.29) is 0 Å². The number of carbonyl (C=O) groups excluding carboxylic acids is 2. The zero-order chi connectivity index (χ0) is 17.1. The van der Waals surface area contributed by atoms with Crippen LogP contribution in [-0.2, 0) is 4.79 Å². The molecule has 122 valence electrons. The molecular weight excluding hydrogens is 320 g/mol. The molecule has 3 N–H and O–H groups in total. The number of hydrogen-bond acceptors (Lipinski definition) is 7. The summed E-state index contributed by atoms with van der Waals surface area (Å²) in [4.78, 5) is 27.6. The van der Waals surface area contributed by atoms with Gasteiger partial charge in [0.25, 0.3) is 0 Å². The van der Waals surface area contributed by atoms with Gasteiger partial charge in [-0.05, 0) is 12.1 Å². The number of methoxy groups -OCH3 is 2. The van der Waals surface area contributed by atoms with Crippen molar-refractivity contribution in [1.29, 1.82) is 0 Å². The number of nitrogens with one attached hydrogen (secondary N) is 1. The lowest BCUT2D eigenvalue weighted by atomic mass is 10.2. The lowest BCUT2D eigenvalue weighted by molar-refractivity contribution is 0.254. The van der Waals surface area contributed by atoms with Gasteiger partial charge in [-0.25, -0.2) is 9.78 Å². The van der Waals surface area contributed by atoms with Gasteiger partial charge < -0.3 is 15.2 Å². The fourth-order valence-electron chi connectivity index (χ4n) is 1.43. The molecule has 0 saturated carbocycles. The summed E-state index contributed by atoms with van der Waals surface area (Å²) < 4.78 is 12.3. The van der Waals surface area contributed by atoms with Crippen LogP contribution < -0.4 is 19.9 Å². The fraction of sp³-hybridized carbons (Fsp3) is 0.143. The van der Waals surface area contributed by atoms with Crippen molar-refractivity contribution in [1.82, 2.24) is 14.7 Å². The number of hydrogen-bond donors (Lipinski definition) is 2. The number of ether oxygens (including phenoxy) is 2. The maximum absolute atomic E-state index is 9.69. The van der Waals surface area contributed by atoms with Crippen LogP contribution in [0.4, 0.5) is 4.79 Å². The van der Waals surface area contributed by atoms with Gasteiger partial charge in [-0.2, -0.15) is 0 Å². The second kappa shape index (κ2) is 10.0. The Balaban J connectivity index is 0.000000322. The normalized spacial score (nSPS) is 9.13. The van der Waals surface area contributed by atoms with Crippen LogP contribution in [0.2, 0.25) is 0 Å². The second-order valence-electron chi connectivity index (χ2n) is 3.83. The minimum atomic E-state index is -0.711. The summed E-state index contributed by atoms with van der Waals surface area (Å²) in [6, 6.07) is 8.51. The van der Waals surface area contributed by atoms with E-state index >= 15 is 0 Å². The van der Waals surface area contributed by atoms with E-state index in [0.717, 1.165) is 11.4 Å². The summed E-state index contributed by atoms with van der Waals surface area (Å²) in [6.45, 7) is 0. The molecule has 0 unspecified atom stereocenters. The average Bonchev–Trinajstić information content (AvgIpc) is 2.60. The third-order valence-corrected chi connectivity index (χ3v) is 2.77. The van der Waals surface area contributed by atoms with E-state index in [0.29, 0.717) is 29.2 Å². The number of nitrogens with zero attached hydrogens (tertiary/aromatic N) is 2. The molecule has 0 bridgehead atoms. The van der Waals surface area contributed by atoms with Gasteiger partial charge in [0.2, 0.25) is 5.88 Å². The van der Waals surface area contributed by atoms with Gasteiger partial charge in [0, 0.05) is 30.3 Å². The zero-order valence-electron chi connectivity index (χ0n) is 12.6. The van der Waals surface area contributed by atoms with Crippen LogP contribution in [0.15, 0.2) is 36.5 Å². The third-order valence-electron chi connectivity index (χ3n) is 2.36. The van der Waals surface area contributed by atoms with Crippen molar-refractivity contribution in [2.24, 2.45) is 5.73 Å². The number of rotatable bonds is 5. The lowest BCUT2D eigenvalue weighted by Gasteiger charge is -2.06. The van der Waals surface area contributed by atoms with E-state index in [1.807, 2.05) is 29.0 Å². The first-order valence-corrected chi connectivity index (χ1v) is 7.15. The molecule has 2 rings (SSSR count). The number of amides is 2. The molecule has 0 aromatic carbocycles. The molecular formula is C14H16N4O4S. The quantitative estimate of drug-likeness (QED) is 0.630. The molecule has 9 heteroatoms. The fourth-order valence-corrected chi connectivity index (χ4v) is 1.60. The SMILES string of the molecule is COc1cc(OC)nc(-c2ccccn2)c1.NC(=O)NSC=O. The highest BCUT2D eigenvalue weighted by Gasteiger charge is 2.06. The van der Waals surface area contributed by atoms with Gasteiger partial charge in [0.1, 0.15) is 5.75 Å². The molecule has 2 aromatic rings. The van der Waals surface area contributed by atoms with Gasteiger partial charge >= 0.3 is 6.03 Å². The molecule has 0 atom stereocenters. The predicted octanol–water partition coefficient (Wildman–Crippen LogP) is 1.65. The number of nitrogens with two attached hydrogens (primary N) is 1. The summed E-state index contributed by atoms with van der Waals surface area (Å²) in [5, 5.41) is 0. The van der Waals surface area contributed by atoms with E-state index in [1.165, 1.54) is 0 Å². The summed E-state index contributed by atoms with van der Waals surface area (Å²) >= 11 is 0.611. The number of pyridine rings is 2. The van der Waals surface area contributed by atoms with Crippen LogP contribution in [0.25, 0.3) is 11.4 Å². The highest BCUT2D eigenvalue weighted by Crippen LogP contribution is 2.24. The topological polar surface area (TPSA) is 116 Å². The van der Waals surface area contributed by atoms with Crippen molar-refractivity contribution in [2.45, 2.75) is 0 Å². The highest BCUT2D eigenvalue weighted by atomic mass is 32.2. The van der Waals surface area contributed by atoms with Crippen molar-refractivity contribution in [3.63, 3.8) is 0 Å². The Labute approximate surface area is 137 Å². The van der Waals surface area contributed by atoms with Gasteiger partial charge in [0.05, 0.1) is 25.6 Å². The zero-order valence-corrected chi connectivity index (χ0v) is 13.4. The first-order valence-electron chi connectivity index (χ1n) is 6.27. The molecule has 0 spiro atoms. The Morgan fingerprint density at radius 1 is 1.26 bits per heavy atom. The molecule has 8 nitrogen and oxygen atoms in total. The minimum absolute atomic E-state index is 0.477. The van der Waals surface area contributed by atoms with Crippen LogP contribution >= 0.6 is 11.9 Å². The minimum Gasteiger partial charge on any atom is -0.496 e. The third kappa shape index (κ3) is 6.66. The van der Waals surface area contributed by atoms with Crippen molar-refractivity contribution in [2.75, 3.05) is 14.2 Å². The number of urea groups is 1. The second-order valence-corrected chi connectivity index (χ2v) is 4.46. The van der Waals surface area contributed by atoms with Gasteiger partial charge in [-0.1, -0.05) is 6.07 Å². The monoisotopic (exact) mass is 336 g/mol. The Kier molecular flexibility index (Phi) is 7.94. The smallest absolute Gasteiger partial charge is 0.322 e. The van der Waals surface area contributed by atoms with E-state index in [1.54, 1.807) is 26.5 Å². The molecule has 0 aliphatic rings. The van der Waals surface area contributed by atoms with Crippen molar-refractivity contribution >= 4 is 23.6 Å². The van der Waals surface area contributed by atoms with Crippen LogP contribution in [0.5, 0.6) is 11.6 Å². The predicted molar refractivity (Wildman–Crippen MR) is 87.6 cm³/mol. The van der Waals surface area contributed by atoms with E-state index < -0.39 is 6.03 Å². The summed E-state index contributed by atoms with van der Waals surface area (Å²) in [6.07, 6.45) is 1.73.